The van der Waals surface area contributed by atoms with Crippen LogP contribution in [-0.2, 0) is 4.79 Å². The van der Waals surface area contributed by atoms with Crippen LogP contribution in [0, 0.1) is 10.1 Å². The van der Waals surface area contributed by atoms with E-state index in [4.69, 9.17) is 4.74 Å². The fourth-order valence-corrected chi connectivity index (χ4v) is 3.78. The molecule has 0 saturated carbocycles. The number of rotatable bonds is 6. The van der Waals surface area contributed by atoms with E-state index in [1.807, 2.05) is 12.1 Å². The predicted molar refractivity (Wildman–Crippen MR) is 112 cm³/mol. The summed E-state index contributed by atoms with van der Waals surface area (Å²) >= 11 is 0. The highest BCUT2D eigenvalue weighted by molar-refractivity contribution is 5.94. The number of amides is 1. The van der Waals surface area contributed by atoms with Gasteiger partial charge < -0.3 is 9.64 Å². The zero-order valence-corrected chi connectivity index (χ0v) is 16.9. The number of likely N-dealkylation sites (tertiary alicyclic amines) is 1. The molecule has 0 spiro atoms. The van der Waals surface area contributed by atoms with Crippen LogP contribution in [0.3, 0.4) is 0 Å². The lowest BCUT2D eigenvalue weighted by Gasteiger charge is -2.31. The molecular weight excluding hydrogens is 370 g/mol. The minimum absolute atomic E-state index is 0.0155. The normalized spacial score (nSPS) is 17.4. The summed E-state index contributed by atoms with van der Waals surface area (Å²) in [5.74, 6) is 0.794. The molecule has 2 aromatic carbocycles. The van der Waals surface area contributed by atoms with Crippen LogP contribution in [0.25, 0.3) is 0 Å². The van der Waals surface area contributed by atoms with Gasteiger partial charge in [-0.15, -0.1) is 0 Å². The van der Waals surface area contributed by atoms with Gasteiger partial charge in [0.15, 0.2) is 0 Å². The number of nitrogens with zero attached hydrogens (tertiary/aromatic N) is 3. The van der Waals surface area contributed by atoms with Gasteiger partial charge in [-0.1, -0.05) is 25.0 Å². The molecule has 0 N–H and O–H groups in total. The summed E-state index contributed by atoms with van der Waals surface area (Å²) < 4.78 is 5.26. The SMILES string of the molecule is COc1ccc(C2CCCCCN2CC(=O)N(C)c2ccc([N+](=O)[O-])cc2)cc1. The largest absolute Gasteiger partial charge is 0.497 e. The molecule has 1 amide bonds. The highest BCUT2D eigenvalue weighted by atomic mass is 16.6. The Balaban J connectivity index is 1.73. The predicted octanol–water partition coefficient (Wildman–Crippen LogP) is 4.18. The number of nitro groups is 1. The van der Waals surface area contributed by atoms with Gasteiger partial charge in [-0.2, -0.15) is 0 Å². The van der Waals surface area contributed by atoms with Gasteiger partial charge in [0.2, 0.25) is 5.91 Å². The van der Waals surface area contributed by atoms with Crippen molar-refractivity contribution in [3.63, 3.8) is 0 Å². The van der Waals surface area contributed by atoms with Crippen molar-refractivity contribution < 1.29 is 14.5 Å². The van der Waals surface area contributed by atoms with Crippen molar-refractivity contribution in [2.75, 3.05) is 32.1 Å². The van der Waals surface area contributed by atoms with Crippen molar-refractivity contribution in [1.82, 2.24) is 4.90 Å². The van der Waals surface area contributed by atoms with Crippen LogP contribution in [0.1, 0.15) is 37.3 Å². The molecule has 1 saturated heterocycles. The second-order valence-corrected chi connectivity index (χ2v) is 7.34. The summed E-state index contributed by atoms with van der Waals surface area (Å²) in [6, 6.07) is 14.3. The fraction of sp³-hybridized carbons (Fsp3) is 0.409. The first-order valence-corrected chi connectivity index (χ1v) is 9.88. The lowest BCUT2D eigenvalue weighted by atomic mass is 10.0. The summed E-state index contributed by atoms with van der Waals surface area (Å²) in [4.78, 5) is 27.2. The molecule has 3 rings (SSSR count). The van der Waals surface area contributed by atoms with Gasteiger partial charge in [-0.25, -0.2) is 0 Å². The molecule has 29 heavy (non-hydrogen) atoms. The van der Waals surface area contributed by atoms with Crippen LogP contribution in [0.4, 0.5) is 11.4 Å². The molecule has 1 aliphatic rings. The topological polar surface area (TPSA) is 75.9 Å². The highest BCUT2D eigenvalue weighted by Crippen LogP contribution is 2.31. The number of methoxy groups -OCH3 is 1. The first-order chi connectivity index (χ1) is 14.0. The third kappa shape index (κ3) is 5.12. The molecule has 154 valence electrons. The summed E-state index contributed by atoms with van der Waals surface area (Å²) in [5.41, 5.74) is 1.86. The fourth-order valence-electron chi connectivity index (χ4n) is 3.78. The lowest BCUT2D eigenvalue weighted by molar-refractivity contribution is -0.384. The molecule has 1 aliphatic heterocycles. The van der Waals surface area contributed by atoms with Crippen LogP contribution in [0.2, 0.25) is 0 Å². The van der Waals surface area contributed by atoms with Crippen LogP contribution >= 0.6 is 0 Å². The van der Waals surface area contributed by atoms with Gasteiger partial charge in [0.1, 0.15) is 5.75 Å². The molecule has 0 radical (unpaired) electrons. The Morgan fingerprint density at radius 2 is 1.83 bits per heavy atom. The second kappa shape index (κ2) is 9.52. The molecule has 1 atom stereocenters. The van der Waals surface area contributed by atoms with E-state index in [1.54, 1.807) is 31.2 Å². The molecule has 0 aliphatic carbocycles. The lowest BCUT2D eigenvalue weighted by Crippen LogP contribution is -2.40. The molecule has 1 unspecified atom stereocenters. The smallest absolute Gasteiger partial charge is 0.269 e. The number of carbonyl (C=O) groups is 1. The second-order valence-electron chi connectivity index (χ2n) is 7.34. The van der Waals surface area contributed by atoms with Crippen LogP contribution in [0.15, 0.2) is 48.5 Å². The summed E-state index contributed by atoms with van der Waals surface area (Å²) in [7, 11) is 3.36. The van der Waals surface area contributed by atoms with Gasteiger partial charge in [-0.05, 0) is 49.2 Å². The monoisotopic (exact) mass is 397 g/mol. The molecule has 1 fully saturated rings. The minimum Gasteiger partial charge on any atom is -0.497 e. The van der Waals surface area contributed by atoms with Crippen LogP contribution < -0.4 is 9.64 Å². The molecule has 2 aromatic rings. The van der Waals surface area contributed by atoms with Crippen molar-refractivity contribution in [2.45, 2.75) is 31.7 Å². The van der Waals surface area contributed by atoms with Gasteiger partial charge in [0.05, 0.1) is 18.6 Å². The summed E-state index contributed by atoms with van der Waals surface area (Å²) in [6.45, 7) is 1.18. The van der Waals surface area contributed by atoms with Crippen LogP contribution in [-0.4, -0.2) is 43.0 Å². The number of nitro benzene ring substituents is 1. The van der Waals surface area contributed by atoms with E-state index in [0.717, 1.165) is 38.0 Å². The molecule has 7 nitrogen and oxygen atoms in total. The Morgan fingerprint density at radius 1 is 1.14 bits per heavy atom. The quantitative estimate of drug-likeness (QED) is 0.540. The molecule has 0 aromatic heterocycles. The van der Waals surface area contributed by atoms with Gasteiger partial charge in [0, 0.05) is 30.9 Å². The number of hydrogen-bond acceptors (Lipinski definition) is 5. The number of benzene rings is 2. The number of anilines is 1. The van der Waals surface area contributed by atoms with Gasteiger partial charge in [0.25, 0.3) is 5.69 Å². The molecular formula is C22H27N3O4. The van der Waals surface area contributed by atoms with Crippen molar-refractivity contribution in [3.05, 3.63) is 64.2 Å². The molecule has 0 bridgehead atoms. The highest BCUT2D eigenvalue weighted by Gasteiger charge is 2.26. The Labute approximate surface area is 171 Å². The first-order valence-electron chi connectivity index (χ1n) is 9.88. The van der Waals surface area contributed by atoms with E-state index < -0.39 is 4.92 Å². The Morgan fingerprint density at radius 3 is 2.45 bits per heavy atom. The van der Waals surface area contributed by atoms with E-state index in [1.165, 1.54) is 17.7 Å². The van der Waals surface area contributed by atoms with E-state index in [9.17, 15) is 14.9 Å². The number of non-ortho nitro benzene ring substituents is 1. The van der Waals surface area contributed by atoms with Crippen molar-refractivity contribution in [1.29, 1.82) is 0 Å². The zero-order chi connectivity index (χ0) is 20.8. The van der Waals surface area contributed by atoms with Gasteiger partial charge >= 0.3 is 0 Å². The summed E-state index contributed by atoms with van der Waals surface area (Å²) in [5, 5.41) is 10.8. The average Bonchev–Trinajstić information content (AvgIpc) is 2.98. The number of carbonyl (C=O) groups excluding carboxylic acids is 1. The first kappa shape index (κ1) is 20.8. The van der Waals surface area contributed by atoms with E-state index in [2.05, 4.69) is 17.0 Å². The maximum Gasteiger partial charge on any atom is 0.269 e. The van der Waals surface area contributed by atoms with Crippen LogP contribution in [0.5, 0.6) is 5.75 Å². The van der Waals surface area contributed by atoms with Crippen molar-refractivity contribution >= 4 is 17.3 Å². The third-order valence-electron chi connectivity index (χ3n) is 5.52. The zero-order valence-electron chi connectivity index (χ0n) is 16.9. The maximum atomic E-state index is 13.0. The Hall–Kier alpha value is -2.93. The van der Waals surface area contributed by atoms with E-state index in [0.29, 0.717) is 12.2 Å². The van der Waals surface area contributed by atoms with E-state index >= 15 is 0 Å². The average molecular weight is 397 g/mol. The Kier molecular flexibility index (Phi) is 6.82. The Bertz CT molecular complexity index is 836. The number of ether oxygens (including phenoxy) is 1. The minimum atomic E-state index is -0.442. The third-order valence-corrected chi connectivity index (χ3v) is 5.52. The standard InChI is InChI=1S/C22H27N3O4/c1-23(18-9-11-19(12-10-18)25(27)28)22(26)16-24-15-5-3-4-6-21(24)17-7-13-20(29-2)14-8-17/h7-14,21H,3-6,15-16H2,1-2H3. The summed E-state index contributed by atoms with van der Waals surface area (Å²) in [6.07, 6.45) is 4.39. The van der Waals surface area contributed by atoms with E-state index in [-0.39, 0.29) is 17.6 Å². The van der Waals surface area contributed by atoms with Crippen molar-refractivity contribution in [2.24, 2.45) is 0 Å². The number of hydrogen-bond donors (Lipinski definition) is 0. The van der Waals surface area contributed by atoms with Crippen molar-refractivity contribution in [3.8, 4) is 5.75 Å². The van der Waals surface area contributed by atoms with Gasteiger partial charge in [-0.3, -0.25) is 19.8 Å². The maximum absolute atomic E-state index is 13.0. The molecule has 1 heterocycles. The molecule has 7 heteroatoms. The number of likely N-dealkylation sites (N-methyl/N-ethyl adjacent to an activating group) is 1.